The van der Waals surface area contributed by atoms with Crippen LogP contribution in [0.25, 0.3) is 0 Å². The second kappa shape index (κ2) is 21.5. The lowest BCUT2D eigenvalue weighted by atomic mass is 9.99. The molecule has 1 rings (SSSR count). The highest BCUT2D eigenvalue weighted by atomic mass is 16.7. The predicted octanol–water partition coefficient (Wildman–Crippen LogP) is 3.15. The van der Waals surface area contributed by atoms with E-state index in [1.165, 1.54) is 25.7 Å². The standard InChI is InChI=1S/C28H52O10/c1-3-5-7-9-11-13-15-17-24(31)37-21(19-35-23(30)16-14-12-10-8-6-4-2)20-36-28-27(34)26(33)25(32)22(18-29)38-28/h21-22,25-29,32-34H,3-20H2,1-2H3. The summed E-state index contributed by atoms with van der Waals surface area (Å²) in [6.45, 7) is 3.25. The molecule has 0 aromatic carbocycles. The number of aliphatic hydroxyl groups excluding tert-OH is 4. The maximum atomic E-state index is 12.4. The van der Waals surface area contributed by atoms with Crippen molar-refractivity contribution in [2.75, 3.05) is 19.8 Å². The smallest absolute Gasteiger partial charge is 0.306 e. The maximum absolute atomic E-state index is 12.4. The van der Waals surface area contributed by atoms with E-state index in [4.69, 9.17) is 18.9 Å². The van der Waals surface area contributed by atoms with E-state index in [0.717, 1.165) is 51.4 Å². The Bertz CT molecular complexity index is 614. The summed E-state index contributed by atoms with van der Waals surface area (Å²) < 4.78 is 21.7. The quantitative estimate of drug-likeness (QED) is 0.117. The lowest BCUT2D eigenvalue weighted by Gasteiger charge is -2.39. The largest absolute Gasteiger partial charge is 0.462 e. The molecule has 0 spiro atoms. The minimum Gasteiger partial charge on any atom is -0.462 e. The molecule has 1 aliphatic rings. The third-order valence-electron chi connectivity index (χ3n) is 6.74. The number of rotatable bonds is 22. The van der Waals surface area contributed by atoms with Crippen LogP contribution in [-0.2, 0) is 28.5 Å². The summed E-state index contributed by atoms with van der Waals surface area (Å²) in [5.41, 5.74) is 0. The first-order chi connectivity index (χ1) is 18.3. The van der Waals surface area contributed by atoms with E-state index in [1.807, 2.05) is 0 Å². The first-order valence-electron chi connectivity index (χ1n) is 14.6. The van der Waals surface area contributed by atoms with Crippen molar-refractivity contribution in [3.05, 3.63) is 0 Å². The van der Waals surface area contributed by atoms with E-state index in [-0.39, 0.29) is 32.0 Å². The van der Waals surface area contributed by atoms with Crippen molar-refractivity contribution in [1.29, 1.82) is 0 Å². The lowest BCUT2D eigenvalue weighted by molar-refractivity contribution is -0.305. The van der Waals surface area contributed by atoms with Gasteiger partial charge in [0.05, 0.1) is 13.2 Å². The van der Waals surface area contributed by atoms with Gasteiger partial charge >= 0.3 is 11.9 Å². The van der Waals surface area contributed by atoms with Crippen molar-refractivity contribution in [2.45, 2.75) is 147 Å². The molecular formula is C28H52O10. The molecule has 0 amide bonds. The number of ether oxygens (including phenoxy) is 4. The Balaban J connectivity index is 2.54. The summed E-state index contributed by atoms with van der Waals surface area (Å²) in [4.78, 5) is 24.6. The minimum atomic E-state index is -1.58. The topological polar surface area (TPSA) is 152 Å². The summed E-state index contributed by atoms with van der Waals surface area (Å²) in [5.74, 6) is -0.825. The summed E-state index contributed by atoms with van der Waals surface area (Å²) in [5, 5.41) is 39.5. The van der Waals surface area contributed by atoms with Gasteiger partial charge in [0.2, 0.25) is 0 Å². The van der Waals surface area contributed by atoms with Crippen molar-refractivity contribution in [3.63, 3.8) is 0 Å². The molecular weight excluding hydrogens is 496 g/mol. The number of hydrogen-bond donors (Lipinski definition) is 4. The fourth-order valence-electron chi connectivity index (χ4n) is 4.30. The van der Waals surface area contributed by atoms with E-state index < -0.39 is 49.4 Å². The maximum Gasteiger partial charge on any atom is 0.306 e. The van der Waals surface area contributed by atoms with Crippen LogP contribution in [-0.4, -0.2) is 89.0 Å². The van der Waals surface area contributed by atoms with Crippen LogP contribution < -0.4 is 0 Å². The van der Waals surface area contributed by atoms with Gasteiger partial charge in [0.15, 0.2) is 12.4 Å². The van der Waals surface area contributed by atoms with Crippen LogP contribution in [0.5, 0.6) is 0 Å². The third kappa shape index (κ3) is 14.7. The zero-order valence-electron chi connectivity index (χ0n) is 23.4. The van der Waals surface area contributed by atoms with E-state index in [0.29, 0.717) is 6.42 Å². The molecule has 4 N–H and O–H groups in total. The summed E-state index contributed by atoms with van der Waals surface area (Å²) >= 11 is 0. The lowest BCUT2D eigenvalue weighted by Crippen LogP contribution is -2.59. The highest BCUT2D eigenvalue weighted by Gasteiger charge is 2.44. The second-order valence-electron chi connectivity index (χ2n) is 10.2. The number of esters is 2. The normalized spacial score (nSPS) is 24.2. The molecule has 0 radical (unpaired) electrons. The Kier molecular flexibility index (Phi) is 19.7. The van der Waals surface area contributed by atoms with E-state index in [9.17, 15) is 30.0 Å². The first kappa shape index (κ1) is 34.7. The van der Waals surface area contributed by atoms with Crippen molar-refractivity contribution in [3.8, 4) is 0 Å². The molecule has 10 heteroatoms. The van der Waals surface area contributed by atoms with Crippen molar-refractivity contribution >= 4 is 11.9 Å². The zero-order valence-corrected chi connectivity index (χ0v) is 23.4. The van der Waals surface area contributed by atoms with Crippen LogP contribution in [0, 0.1) is 0 Å². The van der Waals surface area contributed by atoms with Gasteiger partial charge in [0.1, 0.15) is 31.0 Å². The highest BCUT2D eigenvalue weighted by Crippen LogP contribution is 2.22. The van der Waals surface area contributed by atoms with Crippen LogP contribution in [0.1, 0.15) is 110 Å². The fraction of sp³-hybridized carbons (Fsp3) is 0.929. The predicted molar refractivity (Wildman–Crippen MR) is 141 cm³/mol. The molecule has 1 fully saturated rings. The molecule has 0 aliphatic carbocycles. The molecule has 1 aliphatic heterocycles. The summed E-state index contributed by atoms with van der Waals surface area (Å²) in [6.07, 6.45) is 6.10. The highest BCUT2D eigenvalue weighted by molar-refractivity contribution is 5.70. The average Bonchev–Trinajstić information content (AvgIpc) is 2.91. The van der Waals surface area contributed by atoms with E-state index in [1.54, 1.807) is 0 Å². The Labute approximate surface area is 228 Å². The van der Waals surface area contributed by atoms with E-state index in [2.05, 4.69) is 13.8 Å². The average molecular weight is 549 g/mol. The van der Waals surface area contributed by atoms with Gasteiger partial charge in [-0.05, 0) is 12.8 Å². The Morgan fingerprint density at radius 3 is 1.79 bits per heavy atom. The summed E-state index contributed by atoms with van der Waals surface area (Å²) in [6, 6.07) is 0. The number of unbranched alkanes of at least 4 members (excludes halogenated alkanes) is 11. The van der Waals surface area contributed by atoms with Gasteiger partial charge in [0.25, 0.3) is 0 Å². The van der Waals surface area contributed by atoms with Crippen molar-refractivity contribution in [1.82, 2.24) is 0 Å². The molecule has 1 saturated heterocycles. The first-order valence-corrected chi connectivity index (χ1v) is 14.6. The van der Waals surface area contributed by atoms with Gasteiger partial charge < -0.3 is 39.4 Å². The van der Waals surface area contributed by atoms with Crippen LogP contribution in [0.2, 0.25) is 0 Å². The van der Waals surface area contributed by atoms with Crippen LogP contribution >= 0.6 is 0 Å². The molecule has 1 heterocycles. The molecule has 224 valence electrons. The molecule has 0 bridgehead atoms. The SMILES string of the molecule is CCCCCCCCCC(=O)OC(COC(=O)CCCCCCCC)COC1OC(CO)C(O)C(O)C1O. The molecule has 0 saturated carbocycles. The monoisotopic (exact) mass is 548 g/mol. The number of carbonyl (C=O) groups is 2. The van der Waals surface area contributed by atoms with Gasteiger partial charge in [-0.3, -0.25) is 9.59 Å². The van der Waals surface area contributed by atoms with Gasteiger partial charge in [-0.15, -0.1) is 0 Å². The third-order valence-corrected chi connectivity index (χ3v) is 6.74. The van der Waals surface area contributed by atoms with Gasteiger partial charge in [0, 0.05) is 12.8 Å². The van der Waals surface area contributed by atoms with Gasteiger partial charge in [-0.1, -0.05) is 84.5 Å². The van der Waals surface area contributed by atoms with E-state index >= 15 is 0 Å². The minimum absolute atomic E-state index is 0.213. The van der Waals surface area contributed by atoms with Gasteiger partial charge in [-0.2, -0.15) is 0 Å². The molecule has 10 nitrogen and oxygen atoms in total. The molecule has 0 aromatic heterocycles. The zero-order chi connectivity index (χ0) is 28.2. The van der Waals surface area contributed by atoms with Crippen LogP contribution in [0.15, 0.2) is 0 Å². The Morgan fingerprint density at radius 2 is 1.24 bits per heavy atom. The second-order valence-corrected chi connectivity index (χ2v) is 10.2. The van der Waals surface area contributed by atoms with Crippen LogP contribution in [0.4, 0.5) is 0 Å². The fourth-order valence-corrected chi connectivity index (χ4v) is 4.30. The Morgan fingerprint density at radius 1 is 0.711 bits per heavy atom. The Hall–Kier alpha value is -1.30. The number of aliphatic hydroxyl groups is 4. The molecule has 38 heavy (non-hydrogen) atoms. The van der Waals surface area contributed by atoms with Gasteiger partial charge in [-0.25, -0.2) is 0 Å². The molecule has 6 atom stereocenters. The van der Waals surface area contributed by atoms with Crippen molar-refractivity contribution < 1.29 is 49.0 Å². The number of carbonyl (C=O) groups excluding carboxylic acids is 2. The molecule has 6 unspecified atom stereocenters. The molecule has 0 aromatic rings. The van der Waals surface area contributed by atoms with Crippen molar-refractivity contribution in [2.24, 2.45) is 0 Å². The number of hydrogen-bond acceptors (Lipinski definition) is 10. The van der Waals surface area contributed by atoms with Crippen LogP contribution in [0.3, 0.4) is 0 Å². The summed E-state index contributed by atoms with van der Waals surface area (Å²) in [7, 11) is 0.